The first-order valence-corrected chi connectivity index (χ1v) is 9.08. The molecule has 7 heteroatoms. The quantitative estimate of drug-likeness (QED) is 0.529. The van der Waals surface area contributed by atoms with E-state index < -0.39 is 0 Å². The molecule has 0 spiro atoms. The molecule has 0 aliphatic heterocycles. The molecule has 1 amide bonds. The molecule has 4 aromatic rings. The van der Waals surface area contributed by atoms with Gasteiger partial charge in [-0.05, 0) is 55.0 Å². The summed E-state index contributed by atoms with van der Waals surface area (Å²) in [6.07, 6.45) is 1.80. The van der Waals surface area contributed by atoms with Crippen LogP contribution in [-0.4, -0.2) is 20.6 Å². The van der Waals surface area contributed by atoms with E-state index in [-0.39, 0.29) is 12.5 Å². The Kier molecular flexibility index (Phi) is 4.95. The van der Waals surface area contributed by atoms with E-state index in [1.165, 1.54) is 0 Å². The molecule has 0 aliphatic rings. The van der Waals surface area contributed by atoms with E-state index in [2.05, 4.69) is 15.5 Å². The minimum absolute atomic E-state index is 0.134. The van der Waals surface area contributed by atoms with Crippen molar-refractivity contribution in [3.63, 3.8) is 0 Å². The van der Waals surface area contributed by atoms with E-state index in [4.69, 9.17) is 16.1 Å². The summed E-state index contributed by atoms with van der Waals surface area (Å²) in [6, 6.07) is 18.5. The number of nitrogens with one attached hydrogen (secondary N) is 1. The molecule has 0 bridgehead atoms. The standard InChI is InChI=1S/C21H17ClN4O2/c1-14-5-2-3-6-17(14)23-19(27)13-26-12-4-7-18(26)21-24-20(25-28-21)15-8-10-16(22)11-9-15/h2-12H,13H2,1H3,(H,23,27). The maximum absolute atomic E-state index is 12.5. The molecule has 6 nitrogen and oxygen atoms in total. The summed E-state index contributed by atoms with van der Waals surface area (Å²) in [6.45, 7) is 2.09. The minimum atomic E-state index is -0.135. The van der Waals surface area contributed by atoms with Crippen molar-refractivity contribution in [1.82, 2.24) is 14.7 Å². The number of para-hydroxylation sites is 1. The van der Waals surface area contributed by atoms with Crippen LogP contribution in [0.3, 0.4) is 0 Å². The average molecular weight is 393 g/mol. The number of hydrogen-bond donors (Lipinski definition) is 1. The summed E-state index contributed by atoms with van der Waals surface area (Å²) in [5.41, 5.74) is 3.28. The van der Waals surface area contributed by atoms with E-state index in [0.717, 1.165) is 16.8 Å². The SMILES string of the molecule is Cc1ccccc1NC(=O)Cn1cccc1-c1nc(-c2ccc(Cl)cc2)no1. The molecule has 1 N–H and O–H groups in total. The Morgan fingerprint density at radius 1 is 1.11 bits per heavy atom. The van der Waals surface area contributed by atoms with Crippen molar-refractivity contribution in [3.05, 3.63) is 77.4 Å². The zero-order chi connectivity index (χ0) is 19.5. The van der Waals surface area contributed by atoms with Crippen molar-refractivity contribution in [2.24, 2.45) is 0 Å². The van der Waals surface area contributed by atoms with Gasteiger partial charge in [0.15, 0.2) is 0 Å². The van der Waals surface area contributed by atoms with E-state index in [1.807, 2.05) is 55.5 Å². The fourth-order valence-corrected chi connectivity index (χ4v) is 2.97. The Morgan fingerprint density at radius 2 is 1.89 bits per heavy atom. The highest BCUT2D eigenvalue weighted by molar-refractivity contribution is 6.30. The number of aryl methyl sites for hydroxylation is 1. The molecule has 28 heavy (non-hydrogen) atoms. The van der Waals surface area contributed by atoms with Gasteiger partial charge in [0.2, 0.25) is 11.7 Å². The predicted molar refractivity (Wildman–Crippen MR) is 108 cm³/mol. The van der Waals surface area contributed by atoms with E-state index in [0.29, 0.717) is 22.4 Å². The van der Waals surface area contributed by atoms with Crippen LogP contribution in [0.2, 0.25) is 5.02 Å². The van der Waals surface area contributed by atoms with Gasteiger partial charge in [-0.25, -0.2) is 0 Å². The molecule has 0 saturated carbocycles. The van der Waals surface area contributed by atoms with Crippen LogP contribution in [0.5, 0.6) is 0 Å². The fraction of sp³-hybridized carbons (Fsp3) is 0.0952. The number of aromatic nitrogens is 3. The third kappa shape index (κ3) is 3.82. The second-order valence-electron chi connectivity index (χ2n) is 6.31. The number of carbonyl (C=O) groups excluding carboxylic acids is 1. The molecule has 140 valence electrons. The normalized spacial score (nSPS) is 10.8. The summed E-state index contributed by atoms with van der Waals surface area (Å²) in [4.78, 5) is 16.9. The highest BCUT2D eigenvalue weighted by Crippen LogP contribution is 2.24. The van der Waals surface area contributed by atoms with Crippen molar-refractivity contribution in [3.8, 4) is 23.0 Å². The van der Waals surface area contributed by atoms with Gasteiger partial charge in [0, 0.05) is 22.5 Å². The van der Waals surface area contributed by atoms with Crippen molar-refractivity contribution >= 4 is 23.2 Å². The van der Waals surface area contributed by atoms with E-state index >= 15 is 0 Å². The number of rotatable bonds is 5. The van der Waals surface area contributed by atoms with Crippen LogP contribution < -0.4 is 5.32 Å². The summed E-state index contributed by atoms with van der Waals surface area (Å²) in [5, 5.41) is 7.59. The number of anilines is 1. The van der Waals surface area contributed by atoms with Gasteiger partial charge in [0.25, 0.3) is 5.89 Å². The molecular formula is C21H17ClN4O2. The molecule has 2 aromatic carbocycles. The second-order valence-corrected chi connectivity index (χ2v) is 6.75. The lowest BCUT2D eigenvalue weighted by Gasteiger charge is -2.10. The van der Waals surface area contributed by atoms with Gasteiger partial charge in [-0.1, -0.05) is 35.0 Å². The van der Waals surface area contributed by atoms with Gasteiger partial charge in [-0.3, -0.25) is 4.79 Å². The largest absolute Gasteiger partial charge is 0.334 e. The predicted octanol–water partition coefficient (Wildman–Crippen LogP) is 4.81. The van der Waals surface area contributed by atoms with Gasteiger partial charge in [0.05, 0.1) is 0 Å². The number of hydrogen-bond acceptors (Lipinski definition) is 4. The molecule has 0 fully saturated rings. The van der Waals surface area contributed by atoms with Crippen LogP contribution in [0.4, 0.5) is 5.69 Å². The molecule has 0 saturated heterocycles. The van der Waals surface area contributed by atoms with Crippen molar-refractivity contribution in [2.75, 3.05) is 5.32 Å². The zero-order valence-electron chi connectivity index (χ0n) is 15.1. The molecule has 2 heterocycles. The lowest BCUT2D eigenvalue weighted by atomic mass is 10.2. The van der Waals surface area contributed by atoms with E-state index in [9.17, 15) is 4.79 Å². The maximum atomic E-state index is 12.5. The fourth-order valence-electron chi connectivity index (χ4n) is 2.85. The third-order valence-corrected chi connectivity index (χ3v) is 4.56. The van der Waals surface area contributed by atoms with Crippen LogP contribution >= 0.6 is 11.6 Å². The number of carbonyl (C=O) groups is 1. The highest BCUT2D eigenvalue weighted by atomic mass is 35.5. The minimum Gasteiger partial charge on any atom is -0.334 e. The summed E-state index contributed by atoms with van der Waals surface area (Å²) in [5.74, 6) is 0.673. The highest BCUT2D eigenvalue weighted by Gasteiger charge is 2.16. The monoisotopic (exact) mass is 392 g/mol. The van der Waals surface area contributed by atoms with Gasteiger partial charge in [0.1, 0.15) is 12.2 Å². The Hall–Kier alpha value is -3.38. The summed E-state index contributed by atoms with van der Waals surface area (Å²) < 4.78 is 7.18. The second kappa shape index (κ2) is 7.70. The summed E-state index contributed by atoms with van der Waals surface area (Å²) in [7, 11) is 0. The number of halogens is 1. The Bertz CT molecular complexity index is 1120. The number of benzene rings is 2. The first-order chi connectivity index (χ1) is 13.6. The van der Waals surface area contributed by atoms with Crippen LogP contribution in [0.1, 0.15) is 5.56 Å². The maximum Gasteiger partial charge on any atom is 0.274 e. The molecule has 0 radical (unpaired) electrons. The van der Waals surface area contributed by atoms with E-state index in [1.54, 1.807) is 22.9 Å². The topological polar surface area (TPSA) is 73.0 Å². The molecule has 2 aromatic heterocycles. The van der Waals surface area contributed by atoms with Crippen LogP contribution in [0, 0.1) is 6.92 Å². The third-order valence-electron chi connectivity index (χ3n) is 4.31. The lowest BCUT2D eigenvalue weighted by molar-refractivity contribution is -0.116. The van der Waals surface area contributed by atoms with Crippen molar-refractivity contribution < 1.29 is 9.32 Å². The first kappa shape index (κ1) is 18.0. The first-order valence-electron chi connectivity index (χ1n) is 8.71. The lowest BCUT2D eigenvalue weighted by Crippen LogP contribution is -2.19. The smallest absolute Gasteiger partial charge is 0.274 e. The average Bonchev–Trinajstić information content (AvgIpc) is 3.33. The number of nitrogens with zero attached hydrogens (tertiary/aromatic N) is 3. The van der Waals surface area contributed by atoms with Crippen molar-refractivity contribution in [1.29, 1.82) is 0 Å². The molecule has 0 atom stereocenters. The number of amides is 1. The van der Waals surface area contributed by atoms with Gasteiger partial charge < -0.3 is 14.4 Å². The van der Waals surface area contributed by atoms with Gasteiger partial charge >= 0.3 is 0 Å². The van der Waals surface area contributed by atoms with Crippen LogP contribution in [-0.2, 0) is 11.3 Å². The Morgan fingerprint density at radius 3 is 2.68 bits per heavy atom. The molecular weight excluding hydrogens is 376 g/mol. The molecule has 4 rings (SSSR count). The molecule has 0 unspecified atom stereocenters. The van der Waals surface area contributed by atoms with Crippen LogP contribution in [0.25, 0.3) is 23.0 Å². The molecule has 0 aliphatic carbocycles. The van der Waals surface area contributed by atoms with Gasteiger partial charge in [-0.2, -0.15) is 4.98 Å². The van der Waals surface area contributed by atoms with Gasteiger partial charge in [-0.15, -0.1) is 0 Å². The Labute approximate surface area is 166 Å². The van der Waals surface area contributed by atoms with Crippen LogP contribution in [0.15, 0.2) is 71.4 Å². The van der Waals surface area contributed by atoms with Crippen molar-refractivity contribution in [2.45, 2.75) is 13.5 Å². The zero-order valence-corrected chi connectivity index (χ0v) is 15.8. The Balaban J connectivity index is 1.52. The summed E-state index contributed by atoms with van der Waals surface area (Å²) >= 11 is 5.92.